The molecular formula is C96H136N15+3. The van der Waals surface area contributed by atoms with Crippen LogP contribution in [0.5, 0.6) is 0 Å². The van der Waals surface area contributed by atoms with Crippen molar-refractivity contribution >= 4 is 34.1 Å². The second kappa shape index (κ2) is 31.2. The second-order valence-electron chi connectivity index (χ2n) is 36.6. The Labute approximate surface area is 668 Å². The standard InChI is InChI=1S/2C21H28N3.C20H25N3.C17H27N3.C17H28N3/c1-14-12-15(2)22-16(3)21(14)23-17(4)24(5)11-10-19(23)13-18-8-6-7-9-20(18)24;1-14-12-15(2)22-16(3)21(14)23-17(4)24(5)11-10-20(23)19-9-7-6-8-18(19)13-24;1-12-10-13(2)21-14(3)20(12)23-15(4)22(5)18-11-19(23)17-9-7-6-8-16(17)18;1-11-10-12(2)18-13(3)17(11)20-14(4)19(5)15-6-8-16(20)9-7-15;1-12-11-13(2)18-14(3)17(12)19-15(4)20(5)9-6-7-16(19)8-10-20/h6-9,12,17,19H,10-11,13H2,1-5H3;6-9,12,17,20H,10-11,13H2,1-5H3;6-10,15,18-19H,11H2,1-5H3;10,14-16H,6-9H2,1-5H3;11,15-16H,6-10H2,1-5H3/q2*+1;;;+1. The average molecular weight is 1500 g/mol. The molecule has 0 N–H and O–H groups in total. The van der Waals surface area contributed by atoms with Gasteiger partial charge in [0.1, 0.15) is 12.2 Å². The molecule has 10 bridgehead atoms. The molecule has 5 aromatic heterocycles. The fourth-order valence-electron chi connectivity index (χ4n) is 23.5. The first-order valence-corrected chi connectivity index (χ1v) is 42.6. The number of pyridine rings is 5. The van der Waals surface area contributed by atoms with Crippen LogP contribution in [-0.4, -0.2) is 160 Å². The number of anilines is 5. The molecule has 12 aliphatic heterocycles. The molecule has 22 rings (SSSR count). The summed E-state index contributed by atoms with van der Waals surface area (Å²) in [6.07, 6.45) is 16.4. The molecule has 15 heteroatoms. The summed E-state index contributed by atoms with van der Waals surface area (Å²) in [7, 11) is 11.8. The Morgan fingerprint density at radius 3 is 1.25 bits per heavy atom. The minimum Gasteiger partial charge on any atom is -0.351 e. The van der Waals surface area contributed by atoms with Crippen LogP contribution in [0.3, 0.4) is 0 Å². The van der Waals surface area contributed by atoms with E-state index >= 15 is 0 Å². The van der Waals surface area contributed by atoms with Crippen molar-refractivity contribution in [1.82, 2.24) is 39.2 Å². The van der Waals surface area contributed by atoms with Crippen molar-refractivity contribution in [3.05, 3.63) is 216 Å². The summed E-state index contributed by atoms with van der Waals surface area (Å²) in [6, 6.07) is 42.4. The van der Waals surface area contributed by atoms with E-state index in [1.807, 2.05) is 0 Å². The van der Waals surface area contributed by atoms with Gasteiger partial charge >= 0.3 is 0 Å². The van der Waals surface area contributed by atoms with Crippen LogP contribution < -0.4 is 29.0 Å². The van der Waals surface area contributed by atoms with E-state index in [0.717, 1.165) is 67.8 Å². The minimum atomic E-state index is 0.369. The first-order chi connectivity index (χ1) is 52.7. The lowest BCUT2D eigenvalue weighted by Crippen LogP contribution is -2.66. The van der Waals surface area contributed by atoms with E-state index in [1.54, 1.807) is 0 Å². The van der Waals surface area contributed by atoms with Crippen molar-refractivity contribution in [1.29, 1.82) is 0 Å². The van der Waals surface area contributed by atoms with Crippen LogP contribution in [0, 0.1) is 104 Å². The van der Waals surface area contributed by atoms with Crippen LogP contribution >= 0.6 is 0 Å². The lowest BCUT2D eigenvalue weighted by atomic mass is 9.91. The number of para-hydroxylation sites is 1. The Kier molecular flexibility index (Phi) is 22.4. The number of hydrogen-bond acceptors (Lipinski definition) is 12. The van der Waals surface area contributed by atoms with Gasteiger partial charge in [0.2, 0.25) is 0 Å². The second-order valence-corrected chi connectivity index (χ2v) is 36.6. The average Bonchev–Trinajstić information content (AvgIpc) is 1.62. The van der Waals surface area contributed by atoms with Gasteiger partial charge in [0.05, 0.1) is 129 Å². The molecule has 1 saturated carbocycles. The number of fused-ring (bicyclic) bond motifs is 17. The summed E-state index contributed by atoms with van der Waals surface area (Å²) < 4.78 is 3.28. The molecule has 0 amide bonds. The summed E-state index contributed by atoms with van der Waals surface area (Å²) in [5, 5.41) is 0. The Balaban J connectivity index is 0.000000116. The van der Waals surface area contributed by atoms with Crippen molar-refractivity contribution in [2.24, 2.45) is 0 Å². The molecule has 8 saturated heterocycles. The van der Waals surface area contributed by atoms with Crippen molar-refractivity contribution in [2.45, 2.75) is 289 Å². The molecular weight excluding hydrogens is 1360 g/mol. The predicted molar refractivity (Wildman–Crippen MR) is 463 cm³/mol. The summed E-state index contributed by atoms with van der Waals surface area (Å²) in [5.41, 5.74) is 34.1. The van der Waals surface area contributed by atoms with Crippen molar-refractivity contribution in [3.63, 3.8) is 0 Å². The van der Waals surface area contributed by atoms with Gasteiger partial charge in [-0.25, -0.2) is 0 Å². The Hall–Kier alpha value is -7.79. The number of hydrogen-bond donors (Lipinski definition) is 0. The maximum atomic E-state index is 4.79. The van der Waals surface area contributed by atoms with Crippen molar-refractivity contribution in [3.8, 4) is 0 Å². The molecule has 0 spiro atoms. The van der Waals surface area contributed by atoms with E-state index in [4.69, 9.17) is 24.9 Å². The third kappa shape index (κ3) is 14.6. The largest absolute Gasteiger partial charge is 0.351 e. The fraction of sp³-hybridized carbons (Fsp3) is 0.552. The maximum absolute atomic E-state index is 4.79. The summed E-state index contributed by atoms with van der Waals surface area (Å²) in [6.45, 7) is 50.6. The van der Waals surface area contributed by atoms with Crippen LogP contribution in [-0.2, 0) is 13.0 Å². The fourth-order valence-corrected chi connectivity index (χ4v) is 23.5. The van der Waals surface area contributed by atoms with Crippen molar-refractivity contribution < 1.29 is 8.97 Å². The first kappa shape index (κ1) is 79.8. The van der Waals surface area contributed by atoms with Crippen molar-refractivity contribution in [2.75, 3.05) is 85.9 Å². The number of rotatable bonds is 5. The monoisotopic (exact) mass is 1500 g/mol. The predicted octanol–water partition coefficient (Wildman–Crippen LogP) is 19.3. The van der Waals surface area contributed by atoms with Crippen LogP contribution in [0.1, 0.15) is 230 Å². The van der Waals surface area contributed by atoms with E-state index in [0.29, 0.717) is 67.1 Å². The maximum Gasteiger partial charge on any atom is 0.166 e. The van der Waals surface area contributed by atoms with E-state index in [9.17, 15) is 0 Å². The topological polar surface area (TPSA) is 87.1 Å². The molecule has 9 fully saturated rings. The summed E-state index contributed by atoms with van der Waals surface area (Å²) in [4.78, 5) is 42.2. The third-order valence-electron chi connectivity index (χ3n) is 29.2. The number of benzene rings is 3. The van der Waals surface area contributed by atoms with Gasteiger partial charge in [0.25, 0.3) is 0 Å². The lowest BCUT2D eigenvalue weighted by molar-refractivity contribution is -0.947. The lowest BCUT2D eigenvalue weighted by Gasteiger charge is -2.51. The van der Waals surface area contributed by atoms with E-state index < -0.39 is 0 Å². The minimum absolute atomic E-state index is 0.369. The smallest absolute Gasteiger partial charge is 0.166 e. The molecule has 13 atom stereocenters. The highest BCUT2D eigenvalue weighted by molar-refractivity contribution is 5.66. The van der Waals surface area contributed by atoms with Crippen LogP contribution in [0.25, 0.3) is 0 Å². The highest BCUT2D eigenvalue weighted by Crippen LogP contribution is 2.54. The molecule has 17 heterocycles. The Morgan fingerprint density at radius 2 is 0.730 bits per heavy atom. The number of nitrogens with zero attached hydrogens (tertiary/aromatic N) is 15. The molecule has 2 aliphatic carbocycles. The number of aryl methyl sites for hydroxylation is 15. The third-order valence-corrected chi connectivity index (χ3v) is 29.2. The van der Waals surface area contributed by atoms with Gasteiger partial charge in [-0.2, -0.15) is 0 Å². The highest BCUT2D eigenvalue weighted by Gasteiger charge is 2.52. The molecule has 3 aromatic carbocycles. The Bertz CT molecular complexity index is 4570. The summed E-state index contributed by atoms with van der Waals surface area (Å²) in [5.74, 6) is 0. The summed E-state index contributed by atoms with van der Waals surface area (Å²) >= 11 is 0. The molecule has 14 aliphatic rings. The highest BCUT2D eigenvalue weighted by atomic mass is 15.5. The first-order valence-electron chi connectivity index (χ1n) is 42.6. The van der Waals surface area contributed by atoms with Crippen LogP contribution in [0.4, 0.5) is 34.1 Å². The zero-order valence-corrected chi connectivity index (χ0v) is 72.8. The number of quaternary nitrogens is 3. The van der Waals surface area contributed by atoms with Gasteiger partial charge in [-0.15, -0.1) is 0 Å². The molecule has 111 heavy (non-hydrogen) atoms. The molecule has 15 nitrogen and oxygen atoms in total. The number of aromatic nitrogens is 5. The van der Waals surface area contributed by atoms with Crippen LogP contribution in [0.15, 0.2) is 103 Å². The van der Waals surface area contributed by atoms with Gasteiger partial charge in [-0.3, -0.25) is 39.2 Å². The normalized spacial score (nSPS) is 29.4. The van der Waals surface area contributed by atoms with Crippen LogP contribution in [0.2, 0.25) is 0 Å². The molecule has 0 radical (unpaired) electrons. The van der Waals surface area contributed by atoms with Gasteiger partial charge < -0.3 is 33.5 Å². The quantitative estimate of drug-likeness (QED) is 0.154. The van der Waals surface area contributed by atoms with Gasteiger partial charge in [0.15, 0.2) is 18.5 Å². The zero-order chi connectivity index (χ0) is 79.4. The van der Waals surface area contributed by atoms with E-state index in [-0.39, 0.29) is 0 Å². The molecule has 13 unspecified atom stereocenters. The molecule has 8 aromatic rings. The van der Waals surface area contributed by atoms with E-state index in [2.05, 4.69) is 311 Å². The van der Waals surface area contributed by atoms with Gasteiger partial charge in [-0.05, 0) is 264 Å². The SMILES string of the molecule is Cc1cc(C)c(N2C3CC(c4ccccc43)N(C)C2C)c(C)n1.Cc1cc(C)c(N2C3CCC(CC3)N(C)C2C)c(C)n1.Cc1cc(C)c(N2C3CCC[N+](C)(CC3)C2C)c(C)n1.Cc1cc(C)c(N2C3CC[N+](C)(Cc4ccccc43)C2C)c(C)n1.Cc1cc(C)c(N2C3CC[N+](C)(c4ccccc4C3)C2C)c(C)n1. The van der Waals surface area contributed by atoms with Gasteiger partial charge in [0, 0.05) is 110 Å². The van der Waals surface area contributed by atoms with E-state index in [1.165, 1.54) is 202 Å². The Morgan fingerprint density at radius 1 is 0.333 bits per heavy atom. The molecule has 592 valence electrons. The van der Waals surface area contributed by atoms with Gasteiger partial charge in [-0.1, -0.05) is 66.7 Å². The zero-order valence-electron chi connectivity index (χ0n) is 72.8.